The van der Waals surface area contributed by atoms with E-state index in [1.807, 2.05) is 0 Å². The maximum absolute atomic E-state index is 12.4. The van der Waals surface area contributed by atoms with Crippen LogP contribution in [0.25, 0.3) is 0 Å². The highest BCUT2D eigenvalue weighted by molar-refractivity contribution is 5.80. The zero-order valence-corrected chi connectivity index (χ0v) is 15.0. The van der Waals surface area contributed by atoms with Crippen molar-refractivity contribution in [2.24, 2.45) is 0 Å². The number of amides is 4. The Kier molecular flexibility index (Phi) is 7.59. The molecular formula is C15H28N4O8. The Balaban J connectivity index is 2.02. The first-order chi connectivity index (χ1) is 12.8. The number of hydrogen-bond acceptors (Lipinski definition) is 8. The van der Waals surface area contributed by atoms with Crippen LogP contribution >= 0.6 is 0 Å². The molecule has 2 heterocycles. The fourth-order valence-corrected chi connectivity index (χ4v) is 3.12. The van der Waals surface area contributed by atoms with Gasteiger partial charge in [-0.25, -0.2) is 9.59 Å². The summed E-state index contributed by atoms with van der Waals surface area (Å²) in [6.45, 7) is -0.423. The lowest BCUT2D eigenvalue weighted by molar-refractivity contribution is -0.0982. The number of nitrogens with zero attached hydrogens (tertiary/aromatic N) is 4. The van der Waals surface area contributed by atoms with E-state index in [1.165, 1.54) is 0 Å². The first kappa shape index (κ1) is 21.6. The molecule has 156 valence electrons. The van der Waals surface area contributed by atoms with Crippen LogP contribution in [0.15, 0.2) is 0 Å². The Bertz CT molecular complexity index is 480. The van der Waals surface area contributed by atoms with Gasteiger partial charge in [0.15, 0.2) is 24.9 Å². The zero-order valence-electron chi connectivity index (χ0n) is 15.0. The van der Waals surface area contributed by atoms with Gasteiger partial charge in [0.2, 0.25) is 0 Å². The van der Waals surface area contributed by atoms with E-state index in [-0.39, 0.29) is 26.3 Å². The van der Waals surface area contributed by atoms with E-state index in [9.17, 15) is 30.0 Å². The minimum Gasteiger partial charge on any atom is -0.396 e. The van der Waals surface area contributed by atoms with E-state index < -0.39 is 43.6 Å². The van der Waals surface area contributed by atoms with E-state index in [4.69, 9.17) is 10.2 Å². The monoisotopic (exact) mass is 392 g/mol. The second-order valence-corrected chi connectivity index (χ2v) is 6.55. The molecule has 0 aromatic carbocycles. The predicted molar refractivity (Wildman–Crippen MR) is 89.4 cm³/mol. The first-order valence-corrected chi connectivity index (χ1v) is 8.93. The quantitative estimate of drug-likeness (QED) is 0.217. The van der Waals surface area contributed by atoms with Crippen LogP contribution in [0.1, 0.15) is 25.7 Å². The summed E-state index contributed by atoms with van der Waals surface area (Å²) in [6, 6.07) is -1.44. The van der Waals surface area contributed by atoms with Crippen LogP contribution in [0, 0.1) is 0 Å². The summed E-state index contributed by atoms with van der Waals surface area (Å²) in [6.07, 6.45) is -4.53. The third-order valence-corrected chi connectivity index (χ3v) is 4.71. The molecular weight excluding hydrogens is 364 g/mol. The third-order valence-electron chi connectivity index (χ3n) is 4.71. The predicted octanol–water partition coefficient (Wildman–Crippen LogP) is -2.76. The van der Waals surface area contributed by atoms with Gasteiger partial charge in [-0.2, -0.15) is 0 Å². The lowest BCUT2D eigenvalue weighted by Crippen LogP contribution is -2.48. The van der Waals surface area contributed by atoms with E-state index in [0.717, 1.165) is 19.6 Å². The van der Waals surface area contributed by atoms with Crippen LogP contribution in [-0.4, -0.2) is 120 Å². The summed E-state index contributed by atoms with van der Waals surface area (Å²) in [5.41, 5.74) is 0. The van der Waals surface area contributed by atoms with Crippen molar-refractivity contribution in [3.8, 4) is 0 Å². The van der Waals surface area contributed by atoms with Crippen molar-refractivity contribution >= 4 is 12.1 Å². The Labute approximate surface area is 156 Å². The first-order valence-electron chi connectivity index (χ1n) is 8.93. The minimum absolute atomic E-state index is 0.0666. The standard InChI is InChI=1S/C15H28N4O8/c20-7-3-1-5-16-10(22)12(24)18(14(16)26)9-19-13(25)11(23)17(15(19)27)6-2-4-8-21/h10-13,20-25H,1-9H2. The van der Waals surface area contributed by atoms with Crippen LogP contribution in [0.2, 0.25) is 0 Å². The Morgan fingerprint density at radius 2 is 0.926 bits per heavy atom. The fourth-order valence-electron chi connectivity index (χ4n) is 3.12. The number of aliphatic hydroxyl groups excluding tert-OH is 6. The molecule has 0 radical (unpaired) electrons. The van der Waals surface area contributed by atoms with E-state index in [2.05, 4.69) is 0 Å². The minimum atomic E-state index is -1.60. The van der Waals surface area contributed by atoms with Gasteiger partial charge in [0, 0.05) is 26.3 Å². The average molecular weight is 392 g/mol. The molecule has 0 saturated carbocycles. The molecule has 2 aliphatic heterocycles. The number of carbonyl (C=O) groups is 2. The van der Waals surface area contributed by atoms with Gasteiger partial charge < -0.3 is 30.6 Å². The molecule has 2 aliphatic rings. The van der Waals surface area contributed by atoms with Crippen molar-refractivity contribution in [3.05, 3.63) is 0 Å². The van der Waals surface area contributed by atoms with Gasteiger partial charge in [0.25, 0.3) is 0 Å². The number of urea groups is 2. The number of hydrogen-bond donors (Lipinski definition) is 6. The van der Waals surface area contributed by atoms with Gasteiger partial charge in [-0.3, -0.25) is 19.6 Å². The van der Waals surface area contributed by atoms with E-state index in [1.54, 1.807) is 0 Å². The van der Waals surface area contributed by atoms with Gasteiger partial charge in [-0.15, -0.1) is 0 Å². The van der Waals surface area contributed by atoms with Crippen LogP contribution in [0.3, 0.4) is 0 Å². The van der Waals surface area contributed by atoms with Gasteiger partial charge in [0.05, 0.1) is 0 Å². The molecule has 2 fully saturated rings. The van der Waals surface area contributed by atoms with E-state index in [0.29, 0.717) is 25.7 Å². The highest BCUT2D eigenvalue weighted by Gasteiger charge is 2.49. The number of aliphatic hydroxyl groups is 6. The van der Waals surface area contributed by atoms with Gasteiger partial charge >= 0.3 is 12.1 Å². The average Bonchev–Trinajstić information content (AvgIpc) is 2.97. The topological polar surface area (TPSA) is 168 Å². The highest BCUT2D eigenvalue weighted by atomic mass is 16.4. The molecule has 0 aromatic rings. The van der Waals surface area contributed by atoms with Crippen molar-refractivity contribution in [2.45, 2.75) is 50.6 Å². The van der Waals surface area contributed by atoms with Crippen molar-refractivity contribution in [3.63, 3.8) is 0 Å². The second-order valence-electron chi connectivity index (χ2n) is 6.55. The molecule has 2 saturated heterocycles. The van der Waals surface area contributed by atoms with Crippen LogP contribution < -0.4 is 0 Å². The molecule has 0 aliphatic carbocycles. The van der Waals surface area contributed by atoms with Gasteiger partial charge in [0.1, 0.15) is 6.67 Å². The Morgan fingerprint density at radius 3 is 1.26 bits per heavy atom. The Morgan fingerprint density at radius 1 is 0.593 bits per heavy atom. The lowest BCUT2D eigenvalue weighted by Gasteiger charge is -2.27. The molecule has 4 amide bonds. The van der Waals surface area contributed by atoms with E-state index >= 15 is 0 Å². The molecule has 4 atom stereocenters. The van der Waals surface area contributed by atoms with Crippen molar-refractivity contribution in [1.82, 2.24) is 19.6 Å². The summed E-state index contributed by atoms with van der Waals surface area (Å²) in [5, 5.41) is 58.0. The molecule has 12 nitrogen and oxygen atoms in total. The Hall–Kier alpha value is -1.70. The summed E-state index contributed by atoms with van der Waals surface area (Å²) in [4.78, 5) is 28.6. The molecule has 4 unspecified atom stereocenters. The van der Waals surface area contributed by atoms with Crippen molar-refractivity contribution < 1.29 is 40.2 Å². The van der Waals surface area contributed by atoms with Crippen molar-refractivity contribution in [2.75, 3.05) is 33.0 Å². The maximum atomic E-state index is 12.4. The lowest BCUT2D eigenvalue weighted by atomic mass is 10.3. The molecule has 0 aromatic heterocycles. The second kappa shape index (κ2) is 9.48. The van der Waals surface area contributed by atoms with Crippen LogP contribution in [0.5, 0.6) is 0 Å². The smallest absolute Gasteiger partial charge is 0.325 e. The highest BCUT2D eigenvalue weighted by Crippen LogP contribution is 2.25. The summed E-state index contributed by atoms with van der Waals surface area (Å²) >= 11 is 0. The molecule has 12 heteroatoms. The van der Waals surface area contributed by atoms with Gasteiger partial charge in [-0.1, -0.05) is 0 Å². The summed E-state index contributed by atoms with van der Waals surface area (Å²) in [7, 11) is 0. The van der Waals surface area contributed by atoms with Crippen molar-refractivity contribution in [1.29, 1.82) is 0 Å². The molecule has 6 N–H and O–H groups in total. The zero-order chi connectivity index (χ0) is 20.1. The number of carbonyl (C=O) groups excluding carboxylic acids is 2. The summed E-state index contributed by atoms with van der Waals surface area (Å²) < 4.78 is 0. The summed E-state index contributed by atoms with van der Waals surface area (Å²) in [5.74, 6) is 0. The largest absolute Gasteiger partial charge is 0.396 e. The molecule has 0 bridgehead atoms. The number of unbranched alkanes of at least 4 members (excludes halogenated alkanes) is 2. The molecule has 27 heavy (non-hydrogen) atoms. The molecule has 2 rings (SSSR count). The third kappa shape index (κ3) is 4.42. The fraction of sp³-hybridized carbons (Fsp3) is 0.867. The number of rotatable bonds is 10. The maximum Gasteiger partial charge on any atom is 0.325 e. The normalized spacial score (nSPS) is 28.8. The van der Waals surface area contributed by atoms with Crippen LogP contribution in [-0.2, 0) is 0 Å². The SMILES string of the molecule is O=C1N(CCCCO)C(O)C(O)N1CN1C(=O)N(CCCCO)C(O)C1O. The molecule has 0 spiro atoms. The van der Waals surface area contributed by atoms with Crippen LogP contribution in [0.4, 0.5) is 9.59 Å². The van der Waals surface area contributed by atoms with Gasteiger partial charge in [-0.05, 0) is 25.7 Å².